The van der Waals surface area contributed by atoms with Gasteiger partial charge in [0.15, 0.2) is 5.69 Å². The number of aryl methyl sites for hydroxylation is 1. The van der Waals surface area contributed by atoms with Gasteiger partial charge >= 0.3 is 7.60 Å². The Labute approximate surface area is 193 Å². The Hall–Kier alpha value is -2.14. The number of amides is 1. The van der Waals surface area contributed by atoms with Gasteiger partial charge in [0.05, 0.1) is 16.1 Å². The van der Waals surface area contributed by atoms with Crippen molar-refractivity contribution < 1.29 is 27.6 Å². The van der Waals surface area contributed by atoms with Crippen molar-refractivity contribution in [1.82, 2.24) is 15.1 Å². The van der Waals surface area contributed by atoms with E-state index in [-0.39, 0.29) is 26.3 Å². The van der Waals surface area contributed by atoms with Gasteiger partial charge in [-0.2, -0.15) is 5.10 Å². The lowest BCUT2D eigenvalue weighted by Crippen LogP contribution is -2.32. The van der Waals surface area contributed by atoms with E-state index in [1.165, 1.54) is 28.9 Å². The molecule has 10 nitrogen and oxygen atoms in total. The number of carbonyl (C=O) groups is 1. The third-order valence-corrected chi connectivity index (χ3v) is 7.44. The molecular formula is C18H19Cl2N4O6PS. The second-order valence-corrected chi connectivity index (χ2v) is 11.1. The summed E-state index contributed by atoms with van der Waals surface area (Å²) in [6, 6.07) is 7.78. The lowest BCUT2D eigenvalue weighted by molar-refractivity contribution is 0.0951. The first-order valence-corrected chi connectivity index (χ1v) is 13.1. The van der Waals surface area contributed by atoms with Crippen molar-refractivity contribution in [3.63, 3.8) is 0 Å². The fourth-order valence-corrected chi connectivity index (χ4v) is 6.49. The van der Waals surface area contributed by atoms with E-state index in [9.17, 15) is 27.6 Å². The molecule has 1 aromatic heterocycles. The summed E-state index contributed by atoms with van der Waals surface area (Å²) in [4.78, 5) is 31.0. The van der Waals surface area contributed by atoms with Crippen molar-refractivity contribution in [2.75, 3.05) is 17.1 Å². The molecule has 0 saturated heterocycles. The van der Waals surface area contributed by atoms with E-state index in [1.807, 2.05) is 0 Å². The second kappa shape index (κ2) is 9.01. The first-order valence-electron chi connectivity index (χ1n) is 9.12. The highest BCUT2D eigenvalue weighted by atomic mass is 35.5. The number of benzene rings is 2. The van der Waals surface area contributed by atoms with E-state index in [0.717, 1.165) is 12.1 Å². The maximum absolute atomic E-state index is 13.3. The fraction of sp³-hybridized carbons (Fsp3) is 0.222. The second-order valence-electron chi connectivity index (χ2n) is 6.80. The fourth-order valence-electron chi connectivity index (χ4n) is 3.08. The van der Waals surface area contributed by atoms with Crippen LogP contribution >= 0.6 is 30.8 Å². The van der Waals surface area contributed by atoms with Gasteiger partial charge in [0.1, 0.15) is 6.29 Å². The number of halogens is 2. The van der Waals surface area contributed by atoms with E-state index < -0.39 is 29.8 Å². The summed E-state index contributed by atoms with van der Waals surface area (Å²) in [5.41, 5.74) is 0.489. The normalized spacial score (nSPS) is 12.2. The van der Waals surface area contributed by atoms with Crippen molar-refractivity contribution >= 4 is 63.3 Å². The Morgan fingerprint density at radius 3 is 2.38 bits per heavy atom. The minimum Gasteiger partial charge on any atom is -0.351 e. The molecule has 3 rings (SSSR count). The smallest absolute Gasteiger partial charge is 0.345 e. The van der Waals surface area contributed by atoms with Crippen LogP contribution in [0.3, 0.4) is 0 Å². The molecule has 0 aliphatic rings. The number of nitrogens with one attached hydrogen (secondary N) is 1. The summed E-state index contributed by atoms with van der Waals surface area (Å²) in [6.07, 6.45) is -1.12. The van der Waals surface area contributed by atoms with Crippen molar-refractivity contribution in [2.45, 2.75) is 11.8 Å². The summed E-state index contributed by atoms with van der Waals surface area (Å²) in [6.45, 7) is 2.15. The number of carbonyl (C=O) groups excluding carboxylic acids is 1. The number of hydrogen-bond donors (Lipinski definition) is 3. The van der Waals surface area contributed by atoms with Gasteiger partial charge in [-0.1, -0.05) is 23.2 Å². The number of aromatic nitrogens is 2. The summed E-state index contributed by atoms with van der Waals surface area (Å²) >= 11 is 11.9. The molecule has 0 saturated carbocycles. The van der Waals surface area contributed by atoms with Crippen LogP contribution < -0.4 is 9.62 Å². The number of nitrogens with zero attached hydrogens (tertiary/aromatic N) is 3. The van der Waals surface area contributed by atoms with Gasteiger partial charge < -0.3 is 15.1 Å². The van der Waals surface area contributed by atoms with Crippen molar-refractivity contribution in [2.24, 2.45) is 7.05 Å². The Kier molecular flexibility index (Phi) is 6.90. The molecule has 0 radical (unpaired) electrons. The number of fused-ring (bicyclic) bond motifs is 1. The summed E-state index contributed by atoms with van der Waals surface area (Å²) in [5.74, 6) is -0.404. The predicted octanol–water partition coefficient (Wildman–Crippen LogP) is 2.96. The predicted molar refractivity (Wildman–Crippen MR) is 122 cm³/mol. The van der Waals surface area contributed by atoms with Gasteiger partial charge in [-0.15, -0.1) is 0 Å². The Morgan fingerprint density at radius 1 is 1.19 bits per heavy atom. The lowest BCUT2D eigenvalue weighted by Gasteiger charge is -2.25. The van der Waals surface area contributed by atoms with Crippen LogP contribution in [0.2, 0.25) is 10.0 Å². The van der Waals surface area contributed by atoms with E-state index in [1.54, 1.807) is 14.0 Å². The number of sulfonamides is 1. The standard InChI is InChI=1S/C18H19Cl2N4O6PS/c1-3-21-18(25)17-15-5-4-13(9-16(15)23(2)22-17)24(10-31(26,27)28)32(29,30)14-7-11(19)6-12(20)8-14/h4-9H,3,10H2,1-2H3,(H,21,25)(H2,26,27,28). The summed E-state index contributed by atoms with van der Waals surface area (Å²) < 4.78 is 40.4. The van der Waals surface area contributed by atoms with Gasteiger partial charge in [-0.05, 0) is 43.3 Å². The van der Waals surface area contributed by atoms with E-state index >= 15 is 0 Å². The van der Waals surface area contributed by atoms with Crippen molar-refractivity contribution in [3.05, 3.63) is 52.1 Å². The van der Waals surface area contributed by atoms with Crippen LogP contribution in [0.15, 0.2) is 41.3 Å². The summed E-state index contributed by atoms with van der Waals surface area (Å²) in [5, 5.41) is 7.35. The summed E-state index contributed by atoms with van der Waals surface area (Å²) in [7, 11) is -7.73. The van der Waals surface area contributed by atoms with Crippen molar-refractivity contribution in [1.29, 1.82) is 0 Å². The first-order chi connectivity index (χ1) is 14.8. The molecule has 0 bridgehead atoms. The molecule has 14 heteroatoms. The molecule has 1 amide bonds. The highest BCUT2D eigenvalue weighted by molar-refractivity contribution is 7.93. The minimum absolute atomic E-state index is 0.0395. The Balaban J connectivity index is 2.19. The van der Waals surface area contributed by atoms with Crippen LogP contribution in [0.5, 0.6) is 0 Å². The molecule has 0 unspecified atom stereocenters. The minimum atomic E-state index is -4.83. The topological polar surface area (TPSA) is 142 Å². The zero-order chi connectivity index (χ0) is 23.8. The lowest BCUT2D eigenvalue weighted by atomic mass is 10.2. The van der Waals surface area contributed by atoms with E-state index in [2.05, 4.69) is 10.4 Å². The number of rotatable bonds is 7. The highest BCUT2D eigenvalue weighted by Crippen LogP contribution is 2.40. The largest absolute Gasteiger partial charge is 0.351 e. The maximum atomic E-state index is 13.3. The van der Waals surface area contributed by atoms with Gasteiger partial charge in [0.25, 0.3) is 15.9 Å². The van der Waals surface area contributed by atoms with Crippen LogP contribution in [0.4, 0.5) is 5.69 Å². The molecule has 0 aliphatic heterocycles. The third-order valence-electron chi connectivity index (χ3n) is 4.41. The zero-order valence-electron chi connectivity index (χ0n) is 16.9. The van der Waals surface area contributed by atoms with E-state index in [0.29, 0.717) is 21.8 Å². The van der Waals surface area contributed by atoms with Gasteiger partial charge in [-0.25, -0.2) is 8.42 Å². The molecule has 1 heterocycles. The molecule has 3 N–H and O–H groups in total. The first kappa shape index (κ1) is 24.5. The molecule has 32 heavy (non-hydrogen) atoms. The maximum Gasteiger partial charge on any atom is 0.345 e. The molecule has 2 aromatic carbocycles. The van der Waals surface area contributed by atoms with E-state index in [4.69, 9.17) is 23.2 Å². The van der Waals surface area contributed by atoms with Gasteiger partial charge in [0, 0.05) is 29.0 Å². The molecule has 3 aromatic rings. The number of anilines is 1. The molecular weight excluding hydrogens is 502 g/mol. The van der Waals surface area contributed by atoms with Crippen LogP contribution in [0.25, 0.3) is 10.9 Å². The third kappa shape index (κ3) is 5.09. The van der Waals surface area contributed by atoms with Crippen LogP contribution in [-0.4, -0.2) is 46.7 Å². The van der Waals surface area contributed by atoms with Gasteiger partial charge in [-0.3, -0.25) is 18.3 Å². The highest BCUT2D eigenvalue weighted by Gasteiger charge is 2.32. The molecule has 172 valence electrons. The monoisotopic (exact) mass is 520 g/mol. The van der Waals surface area contributed by atoms with Gasteiger partial charge in [0.2, 0.25) is 0 Å². The Bertz CT molecular complexity index is 1330. The number of hydrogen-bond acceptors (Lipinski definition) is 5. The molecule has 0 fully saturated rings. The SMILES string of the molecule is CCNC(=O)c1nn(C)c2cc(N(CP(=O)(O)O)S(=O)(=O)c3cc(Cl)cc(Cl)c3)ccc12. The van der Waals surface area contributed by atoms with Crippen LogP contribution in [0.1, 0.15) is 17.4 Å². The quantitative estimate of drug-likeness (QED) is 0.406. The zero-order valence-corrected chi connectivity index (χ0v) is 20.1. The molecule has 0 spiro atoms. The molecule has 0 aliphatic carbocycles. The Morgan fingerprint density at radius 2 is 1.81 bits per heavy atom. The van der Waals surface area contributed by atoms with Crippen molar-refractivity contribution in [3.8, 4) is 0 Å². The van der Waals surface area contributed by atoms with Crippen LogP contribution in [0, 0.1) is 0 Å². The molecule has 0 atom stereocenters. The average Bonchev–Trinajstić information content (AvgIpc) is 3.01. The average molecular weight is 521 g/mol. The van der Waals surface area contributed by atoms with Crippen LogP contribution in [-0.2, 0) is 21.6 Å².